The average Bonchev–Trinajstić information content (AvgIpc) is 3.14. The molecule has 0 N–H and O–H groups in total. The normalized spacial score (nSPS) is 15.9. The second-order valence-electron chi connectivity index (χ2n) is 7.46. The van der Waals surface area contributed by atoms with E-state index in [9.17, 15) is 9.18 Å². The predicted molar refractivity (Wildman–Crippen MR) is 124 cm³/mol. The molecule has 4 rings (SSSR count). The third-order valence-corrected chi connectivity index (χ3v) is 5.87. The van der Waals surface area contributed by atoms with Gasteiger partial charge in [-0.05, 0) is 58.8 Å². The fraction of sp³-hybridized carbons (Fsp3) is 0.429. The minimum absolute atomic E-state index is 0.181. The zero-order valence-electron chi connectivity index (χ0n) is 17.2. The lowest BCUT2D eigenvalue weighted by Crippen LogP contribution is -2.46. The Kier molecular flexibility index (Phi) is 6.96. The number of carbonyl (C=O) groups is 1. The van der Waals surface area contributed by atoms with Gasteiger partial charge < -0.3 is 9.64 Å². The van der Waals surface area contributed by atoms with E-state index in [0.717, 1.165) is 46.6 Å². The lowest BCUT2D eigenvalue weighted by atomic mass is 10.2. The minimum atomic E-state index is -1.61. The zero-order chi connectivity index (χ0) is 21.8. The van der Waals surface area contributed by atoms with Gasteiger partial charge in [0.2, 0.25) is 6.36 Å². The Labute approximate surface area is 193 Å². The van der Waals surface area contributed by atoms with Gasteiger partial charge in [0.15, 0.2) is 5.82 Å². The van der Waals surface area contributed by atoms with Gasteiger partial charge in [-0.15, -0.1) is 10.2 Å². The Balaban J connectivity index is 1.45. The Morgan fingerprint density at radius 2 is 2.03 bits per heavy atom. The van der Waals surface area contributed by atoms with Crippen LogP contribution in [0.3, 0.4) is 0 Å². The summed E-state index contributed by atoms with van der Waals surface area (Å²) in [6.45, 7) is 5.91. The molecule has 0 saturated carbocycles. The topological polar surface area (TPSA) is 76.4 Å². The molecule has 31 heavy (non-hydrogen) atoms. The van der Waals surface area contributed by atoms with E-state index in [2.05, 4.69) is 47.6 Å². The molecule has 3 aromatic rings. The Morgan fingerprint density at radius 3 is 2.74 bits per heavy atom. The number of piperazine rings is 1. The number of halogens is 2. The van der Waals surface area contributed by atoms with Gasteiger partial charge in [-0.2, -0.15) is 0 Å². The van der Waals surface area contributed by atoms with Crippen LogP contribution in [0.4, 0.5) is 15.0 Å². The lowest BCUT2D eigenvalue weighted by Gasteiger charge is -2.35. The van der Waals surface area contributed by atoms with E-state index >= 15 is 0 Å². The van der Waals surface area contributed by atoms with Gasteiger partial charge in [0.05, 0.1) is 0 Å². The second kappa shape index (κ2) is 9.86. The molecule has 1 aliphatic heterocycles. The molecule has 8 nitrogen and oxygen atoms in total. The molecule has 0 bridgehead atoms. The fourth-order valence-corrected chi connectivity index (χ4v) is 3.98. The third-order valence-electron chi connectivity index (χ3n) is 5.29. The van der Waals surface area contributed by atoms with Gasteiger partial charge in [-0.3, -0.25) is 4.90 Å². The maximum Gasteiger partial charge on any atom is 0.422 e. The number of nitrogens with zero attached hydrogens (tertiary/aromatic N) is 6. The van der Waals surface area contributed by atoms with Gasteiger partial charge in [0.25, 0.3) is 0 Å². The quantitative estimate of drug-likeness (QED) is 0.442. The highest BCUT2D eigenvalue weighted by Gasteiger charge is 2.22. The zero-order valence-corrected chi connectivity index (χ0v) is 19.4. The van der Waals surface area contributed by atoms with Crippen molar-refractivity contribution in [2.75, 3.05) is 31.1 Å². The van der Waals surface area contributed by atoms with E-state index in [4.69, 9.17) is 4.74 Å². The summed E-state index contributed by atoms with van der Waals surface area (Å²) >= 11 is 2.15. The smallest absolute Gasteiger partial charge is 0.414 e. The summed E-state index contributed by atoms with van der Waals surface area (Å²) in [5, 5.41) is 9.27. The summed E-state index contributed by atoms with van der Waals surface area (Å²) in [5.41, 5.74) is 1.45. The van der Waals surface area contributed by atoms with Crippen LogP contribution >= 0.6 is 22.6 Å². The van der Waals surface area contributed by atoms with Crippen molar-refractivity contribution >= 4 is 45.5 Å². The van der Waals surface area contributed by atoms with E-state index in [1.807, 2.05) is 31.2 Å². The van der Waals surface area contributed by atoms with E-state index in [-0.39, 0.29) is 6.42 Å². The molecule has 1 fully saturated rings. The van der Waals surface area contributed by atoms with Crippen LogP contribution in [0.25, 0.3) is 11.0 Å². The van der Waals surface area contributed by atoms with Crippen molar-refractivity contribution in [1.29, 1.82) is 0 Å². The van der Waals surface area contributed by atoms with Crippen molar-refractivity contribution in [3.8, 4) is 0 Å². The Bertz CT molecular complexity index is 1040. The number of aromatic nitrogens is 4. The highest BCUT2D eigenvalue weighted by atomic mass is 127. The van der Waals surface area contributed by atoms with Gasteiger partial charge in [0.1, 0.15) is 9.35 Å². The van der Waals surface area contributed by atoms with Crippen molar-refractivity contribution in [1.82, 2.24) is 24.6 Å². The van der Waals surface area contributed by atoms with Crippen molar-refractivity contribution in [3.63, 3.8) is 0 Å². The fourth-order valence-electron chi connectivity index (χ4n) is 3.70. The minimum Gasteiger partial charge on any atom is -0.414 e. The molecular weight excluding hydrogens is 514 g/mol. The van der Waals surface area contributed by atoms with Crippen LogP contribution < -0.4 is 4.90 Å². The van der Waals surface area contributed by atoms with Crippen LogP contribution in [0.15, 0.2) is 36.7 Å². The summed E-state index contributed by atoms with van der Waals surface area (Å²) in [6.07, 6.45) is 1.77. The van der Waals surface area contributed by atoms with E-state index in [0.29, 0.717) is 18.6 Å². The van der Waals surface area contributed by atoms with Crippen molar-refractivity contribution in [2.45, 2.75) is 32.7 Å². The van der Waals surface area contributed by atoms with Crippen LogP contribution in [0.5, 0.6) is 0 Å². The monoisotopic (exact) mass is 538 g/mol. The average molecular weight is 538 g/mol. The number of fused-ring (bicyclic) bond motifs is 1. The molecule has 4 heterocycles. The number of pyridine rings is 1. The van der Waals surface area contributed by atoms with E-state index in [1.54, 1.807) is 12.4 Å². The van der Waals surface area contributed by atoms with Crippen molar-refractivity contribution < 1.29 is 13.9 Å². The van der Waals surface area contributed by atoms with Crippen LogP contribution in [0.1, 0.15) is 25.3 Å². The maximum absolute atomic E-state index is 13.8. The highest BCUT2D eigenvalue weighted by Crippen LogP contribution is 2.23. The first-order chi connectivity index (χ1) is 15.0. The lowest BCUT2D eigenvalue weighted by molar-refractivity contribution is 0.00932. The Hall–Kier alpha value is -2.34. The van der Waals surface area contributed by atoms with Crippen molar-refractivity contribution in [3.05, 3.63) is 45.9 Å². The molecule has 1 unspecified atom stereocenters. The van der Waals surface area contributed by atoms with Gasteiger partial charge in [0, 0.05) is 56.9 Å². The van der Waals surface area contributed by atoms with E-state index in [1.165, 1.54) is 4.57 Å². The summed E-state index contributed by atoms with van der Waals surface area (Å²) in [5.74, 6) is 0.886. The Morgan fingerprint density at radius 1 is 1.23 bits per heavy atom. The maximum atomic E-state index is 13.8. The van der Waals surface area contributed by atoms with Crippen LogP contribution in [-0.2, 0) is 11.3 Å². The predicted octanol–water partition coefficient (Wildman–Crippen LogP) is 3.83. The largest absolute Gasteiger partial charge is 0.422 e. The second-order valence-corrected chi connectivity index (χ2v) is 8.56. The molecule has 1 atom stereocenters. The van der Waals surface area contributed by atoms with Crippen LogP contribution in [0.2, 0.25) is 0 Å². The third kappa shape index (κ3) is 5.12. The van der Waals surface area contributed by atoms with Gasteiger partial charge in [-0.25, -0.2) is 18.7 Å². The van der Waals surface area contributed by atoms with Gasteiger partial charge in [-0.1, -0.05) is 6.92 Å². The summed E-state index contributed by atoms with van der Waals surface area (Å²) in [6, 6.07) is 7.71. The number of anilines is 1. The molecule has 0 aromatic carbocycles. The highest BCUT2D eigenvalue weighted by molar-refractivity contribution is 14.1. The number of carbonyl (C=O) groups excluding carboxylic acids is 1. The number of rotatable bonds is 6. The number of ether oxygens (including phenoxy) is 1. The molecule has 0 spiro atoms. The van der Waals surface area contributed by atoms with E-state index < -0.39 is 12.5 Å². The molecule has 0 radical (unpaired) electrons. The van der Waals surface area contributed by atoms with Crippen LogP contribution in [0, 0.1) is 3.70 Å². The first-order valence-electron chi connectivity index (χ1n) is 10.3. The first-order valence-corrected chi connectivity index (χ1v) is 11.4. The summed E-state index contributed by atoms with van der Waals surface area (Å²) in [4.78, 5) is 21.4. The molecule has 1 aliphatic rings. The van der Waals surface area contributed by atoms with Crippen LogP contribution in [-0.4, -0.2) is 63.3 Å². The van der Waals surface area contributed by atoms with Gasteiger partial charge >= 0.3 is 6.09 Å². The SMILES string of the molecule is CCCC(F)OC(=O)n1cc(CN2CCN(c3ccc(I)nn3)CC2)c2cccnc21. The molecule has 3 aromatic heterocycles. The number of alkyl halides is 1. The molecule has 10 heteroatoms. The molecular formula is C21H24FIN6O2. The summed E-state index contributed by atoms with van der Waals surface area (Å²) in [7, 11) is 0. The molecule has 0 aliphatic carbocycles. The van der Waals surface area contributed by atoms with Crippen molar-refractivity contribution in [2.24, 2.45) is 0 Å². The molecule has 1 saturated heterocycles. The summed E-state index contributed by atoms with van der Waals surface area (Å²) < 4.78 is 20.9. The molecule has 164 valence electrons. The number of hydrogen-bond donors (Lipinski definition) is 0. The first kappa shape index (κ1) is 21.9. The standard InChI is InChI=1S/C21H24FIN6O2/c1-2-4-17(22)31-21(30)29-14-15(16-5-3-8-24-20(16)29)13-27-9-11-28(12-10-27)19-7-6-18(23)25-26-19/h3,5-8,14,17H,2,4,9-13H2,1H3. The molecule has 0 amide bonds. The number of hydrogen-bond acceptors (Lipinski definition) is 7.